The van der Waals surface area contributed by atoms with Gasteiger partial charge in [0.15, 0.2) is 5.58 Å². The molecule has 0 fully saturated rings. The molecule has 3 heteroatoms. The largest absolute Gasteiger partial charge is 0.424 e. The van der Waals surface area contributed by atoms with Gasteiger partial charge in [-0.2, -0.15) is 4.98 Å². The average Bonchev–Trinajstić information content (AvgIpc) is 2.53. The summed E-state index contributed by atoms with van der Waals surface area (Å²) in [5.41, 5.74) is 3.09. The van der Waals surface area contributed by atoms with E-state index in [1.807, 2.05) is 6.07 Å². The first kappa shape index (κ1) is 12.9. The zero-order valence-electron chi connectivity index (χ0n) is 12.1. The van der Waals surface area contributed by atoms with Crippen molar-refractivity contribution in [2.24, 2.45) is 0 Å². The standard InChI is InChI=1S/C15H22N2O/c1-14(2,3)10-7-8-12-11(9-10)16-13(18-12)17-15(4,5)6/h7-9H,1-6H3,(H,16,17). The van der Waals surface area contributed by atoms with Gasteiger partial charge in [0.2, 0.25) is 0 Å². The molecular formula is C15H22N2O. The lowest BCUT2D eigenvalue weighted by atomic mass is 9.87. The quantitative estimate of drug-likeness (QED) is 0.813. The number of aromatic nitrogens is 1. The van der Waals surface area contributed by atoms with Gasteiger partial charge in [-0.1, -0.05) is 26.8 Å². The van der Waals surface area contributed by atoms with Crippen LogP contribution < -0.4 is 5.32 Å². The van der Waals surface area contributed by atoms with E-state index in [2.05, 4.69) is 64.0 Å². The van der Waals surface area contributed by atoms with Crippen LogP contribution in [0.15, 0.2) is 22.6 Å². The van der Waals surface area contributed by atoms with E-state index in [-0.39, 0.29) is 11.0 Å². The average molecular weight is 246 g/mol. The van der Waals surface area contributed by atoms with E-state index >= 15 is 0 Å². The zero-order chi connectivity index (χ0) is 13.6. The number of nitrogens with one attached hydrogen (secondary N) is 1. The third kappa shape index (κ3) is 2.84. The van der Waals surface area contributed by atoms with Gasteiger partial charge in [-0.3, -0.25) is 0 Å². The molecule has 0 spiro atoms. The molecule has 2 aromatic rings. The van der Waals surface area contributed by atoms with Gasteiger partial charge in [0.25, 0.3) is 6.01 Å². The van der Waals surface area contributed by atoms with Gasteiger partial charge in [0.05, 0.1) is 0 Å². The highest BCUT2D eigenvalue weighted by atomic mass is 16.4. The van der Waals surface area contributed by atoms with Crippen LogP contribution >= 0.6 is 0 Å². The minimum absolute atomic E-state index is 0.0479. The van der Waals surface area contributed by atoms with Crippen molar-refractivity contribution in [3.8, 4) is 0 Å². The maximum atomic E-state index is 5.69. The minimum atomic E-state index is -0.0479. The highest BCUT2D eigenvalue weighted by Gasteiger charge is 2.17. The maximum Gasteiger partial charge on any atom is 0.296 e. The molecule has 0 unspecified atom stereocenters. The van der Waals surface area contributed by atoms with E-state index in [0.29, 0.717) is 6.01 Å². The molecule has 1 aromatic carbocycles. The van der Waals surface area contributed by atoms with E-state index < -0.39 is 0 Å². The summed E-state index contributed by atoms with van der Waals surface area (Å²) in [5, 5.41) is 3.25. The first-order valence-electron chi connectivity index (χ1n) is 6.34. The monoisotopic (exact) mass is 246 g/mol. The first-order valence-corrected chi connectivity index (χ1v) is 6.34. The number of anilines is 1. The van der Waals surface area contributed by atoms with Crippen molar-refractivity contribution >= 4 is 17.1 Å². The van der Waals surface area contributed by atoms with Gasteiger partial charge in [-0.25, -0.2) is 0 Å². The molecule has 1 aromatic heterocycles. The molecule has 0 radical (unpaired) electrons. The number of hydrogen-bond donors (Lipinski definition) is 1. The predicted octanol–water partition coefficient (Wildman–Crippen LogP) is 4.34. The Kier molecular flexibility index (Phi) is 2.88. The molecule has 3 nitrogen and oxygen atoms in total. The van der Waals surface area contributed by atoms with Gasteiger partial charge in [0, 0.05) is 5.54 Å². The fourth-order valence-corrected chi connectivity index (χ4v) is 1.77. The van der Waals surface area contributed by atoms with Gasteiger partial charge in [0.1, 0.15) is 5.52 Å². The van der Waals surface area contributed by atoms with E-state index in [4.69, 9.17) is 4.42 Å². The van der Waals surface area contributed by atoms with Gasteiger partial charge in [-0.05, 0) is 43.9 Å². The Morgan fingerprint density at radius 1 is 1.06 bits per heavy atom. The lowest BCUT2D eigenvalue weighted by Crippen LogP contribution is -2.26. The minimum Gasteiger partial charge on any atom is -0.424 e. The summed E-state index contributed by atoms with van der Waals surface area (Å²) >= 11 is 0. The summed E-state index contributed by atoms with van der Waals surface area (Å²) in [7, 11) is 0. The Bertz CT molecular complexity index is 556. The second-order valence-corrected chi connectivity index (χ2v) is 6.83. The van der Waals surface area contributed by atoms with Crippen molar-refractivity contribution in [2.75, 3.05) is 5.32 Å². The molecular weight excluding hydrogens is 224 g/mol. The normalized spacial score (nSPS) is 13.0. The van der Waals surface area contributed by atoms with Crippen molar-refractivity contribution < 1.29 is 4.42 Å². The van der Waals surface area contributed by atoms with Crippen molar-refractivity contribution in [1.82, 2.24) is 4.98 Å². The van der Waals surface area contributed by atoms with Crippen LogP contribution in [0.25, 0.3) is 11.1 Å². The van der Waals surface area contributed by atoms with Gasteiger partial charge < -0.3 is 9.73 Å². The van der Waals surface area contributed by atoms with E-state index in [1.54, 1.807) is 0 Å². The Balaban J connectivity index is 2.40. The second-order valence-electron chi connectivity index (χ2n) is 6.83. The van der Waals surface area contributed by atoms with E-state index in [1.165, 1.54) is 5.56 Å². The van der Waals surface area contributed by atoms with E-state index in [0.717, 1.165) is 11.1 Å². The summed E-state index contributed by atoms with van der Waals surface area (Å²) in [5.74, 6) is 0. The van der Waals surface area contributed by atoms with Crippen LogP contribution in [0.2, 0.25) is 0 Å². The summed E-state index contributed by atoms with van der Waals surface area (Å²) in [6.07, 6.45) is 0. The number of fused-ring (bicyclic) bond motifs is 1. The molecule has 0 saturated carbocycles. The maximum absolute atomic E-state index is 5.69. The number of rotatable bonds is 1. The zero-order valence-corrected chi connectivity index (χ0v) is 12.1. The fraction of sp³-hybridized carbons (Fsp3) is 0.533. The SMILES string of the molecule is CC(C)(C)Nc1nc2cc(C(C)(C)C)ccc2o1. The lowest BCUT2D eigenvalue weighted by molar-refractivity contribution is 0.555. The molecule has 0 amide bonds. The Morgan fingerprint density at radius 2 is 1.72 bits per heavy atom. The molecule has 0 aliphatic carbocycles. The highest BCUT2D eigenvalue weighted by molar-refractivity contribution is 5.75. The fourth-order valence-electron chi connectivity index (χ4n) is 1.77. The summed E-state index contributed by atoms with van der Waals surface area (Å²) < 4.78 is 5.69. The molecule has 0 atom stereocenters. The van der Waals surface area contributed by atoms with E-state index in [9.17, 15) is 0 Å². The van der Waals surface area contributed by atoms with Gasteiger partial charge in [-0.15, -0.1) is 0 Å². The molecule has 2 rings (SSSR count). The molecule has 98 valence electrons. The van der Waals surface area contributed by atoms with Crippen LogP contribution in [0.4, 0.5) is 6.01 Å². The second kappa shape index (κ2) is 4.01. The Morgan fingerprint density at radius 3 is 2.28 bits per heavy atom. The van der Waals surface area contributed by atoms with Crippen LogP contribution in [0.3, 0.4) is 0 Å². The van der Waals surface area contributed by atoms with Gasteiger partial charge >= 0.3 is 0 Å². The molecule has 0 aliphatic heterocycles. The molecule has 0 saturated heterocycles. The number of oxazole rings is 1. The lowest BCUT2D eigenvalue weighted by Gasteiger charge is -2.18. The van der Waals surface area contributed by atoms with Crippen molar-refractivity contribution in [3.63, 3.8) is 0 Å². The highest BCUT2D eigenvalue weighted by Crippen LogP contribution is 2.28. The van der Waals surface area contributed by atoms with Crippen LogP contribution in [0.1, 0.15) is 47.1 Å². The van der Waals surface area contributed by atoms with Crippen molar-refractivity contribution in [3.05, 3.63) is 23.8 Å². The molecule has 1 N–H and O–H groups in total. The van der Waals surface area contributed by atoms with Crippen LogP contribution in [-0.2, 0) is 5.41 Å². The van der Waals surface area contributed by atoms with Crippen LogP contribution in [-0.4, -0.2) is 10.5 Å². The third-order valence-corrected chi connectivity index (χ3v) is 2.74. The summed E-state index contributed by atoms with van der Waals surface area (Å²) in [6.45, 7) is 12.8. The Labute approximate surface area is 109 Å². The topological polar surface area (TPSA) is 38.1 Å². The third-order valence-electron chi connectivity index (χ3n) is 2.74. The number of benzene rings is 1. The van der Waals surface area contributed by atoms with Crippen LogP contribution in [0.5, 0.6) is 0 Å². The van der Waals surface area contributed by atoms with Crippen LogP contribution in [0, 0.1) is 0 Å². The van der Waals surface area contributed by atoms with Crippen molar-refractivity contribution in [2.45, 2.75) is 52.5 Å². The first-order chi connectivity index (χ1) is 8.15. The van der Waals surface area contributed by atoms with Crippen molar-refractivity contribution in [1.29, 1.82) is 0 Å². The number of hydrogen-bond acceptors (Lipinski definition) is 3. The smallest absolute Gasteiger partial charge is 0.296 e. The molecule has 0 aliphatic rings. The summed E-state index contributed by atoms with van der Waals surface area (Å²) in [6, 6.07) is 6.79. The predicted molar refractivity (Wildman–Crippen MR) is 76.1 cm³/mol. The molecule has 1 heterocycles. The Hall–Kier alpha value is -1.51. The summed E-state index contributed by atoms with van der Waals surface area (Å²) in [4.78, 5) is 4.49. The molecule has 0 bridgehead atoms. The molecule has 18 heavy (non-hydrogen) atoms. The number of nitrogens with zero attached hydrogens (tertiary/aromatic N) is 1.